The fraction of sp³-hybridized carbons (Fsp3) is 0.316. The molecule has 0 aromatic heterocycles. The molecular formula is C19H17F2N3O3S. The summed E-state index contributed by atoms with van der Waals surface area (Å²) in [5, 5.41) is 21.9. The Hall–Kier alpha value is -3.04. The molecule has 0 aliphatic carbocycles. The summed E-state index contributed by atoms with van der Waals surface area (Å²) in [6.45, 7) is -1.54. The van der Waals surface area contributed by atoms with Crippen LogP contribution in [0.1, 0.15) is 24.8 Å². The minimum Gasteiger partial charge on any atom is -0.461 e. The zero-order valence-electron chi connectivity index (χ0n) is 15.2. The molecule has 1 atom stereocenters. The maximum Gasteiger partial charge on any atom is 0.387 e. The van der Waals surface area contributed by atoms with Gasteiger partial charge in [0.1, 0.15) is 12.4 Å². The summed E-state index contributed by atoms with van der Waals surface area (Å²) < 4.78 is 35.5. The summed E-state index contributed by atoms with van der Waals surface area (Å²) in [5.41, 5.74) is 0.981. The summed E-state index contributed by atoms with van der Waals surface area (Å²) in [6.07, 6.45) is 1.76. The molecule has 0 saturated heterocycles. The Morgan fingerprint density at radius 2 is 2.07 bits per heavy atom. The molecule has 1 aliphatic rings. The largest absolute Gasteiger partial charge is 0.461 e. The van der Waals surface area contributed by atoms with Gasteiger partial charge in [-0.2, -0.15) is 19.3 Å². The molecule has 1 aromatic carbocycles. The predicted molar refractivity (Wildman–Crippen MR) is 99.0 cm³/mol. The molecule has 0 saturated carbocycles. The van der Waals surface area contributed by atoms with Crippen molar-refractivity contribution in [3.8, 4) is 17.9 Å². The van der Waals surface area contributed by atoms with Crippen LogP contribution in [0.25, 0.3) is 0 Å². The Morgan fingerprint density at radius 1 is 1.36 bits per heavy atom. The van der Waals surface area contributed by atoms with E-state index in [0.29, 0.717) is 10.7 Å². The van der Waals surface area contributed by atoms with E-state index in [0.717, 1.165) is 0 Å². The van der Waals surface area contributed by atoms with Crippen LogP contribution < -0.4 is 10.1 Å². The van der Waals surface area contributed by atoms with Crippen LogP contribution in [0.4, 0.5) is 8.78 Å². The number of hydrogen-bond acceptors (Lipinski definition) is 7. The first-order valence-corrected chi connectivity index (χ1v) is 9.40. The highest BCUT2D eigenvalue weighted by Crippen LogP contribution is 2.43. The second kappa shape index (κ2) is 9.77. The molecule has 0 unspecified atom stereocenters. The van der Waals surface area contributed by atoms with E-state index in [9.17, 15) is 18.8 Å². The maximum absolute atomic E-state index is 12.9. The van der Waals surface area contributed by atoms with Crippen molar-refractivity contribution in [2.45, 2.75) is 25.9 Å². The number of dihydropyridines is 1. The van der Waals surface area contributed by atoms with Gasteiger partial charge in [0.15, 0.2) is 0 Å². The Morgan fingerprint density at radius 3 is 2.68 bits per heavy atom. The molecule has 1 aromatic rings. The van der Waals surface area contributed by atoms with Crippen LogP contribution in [-0.2, 0) is 9.53 Å². The monoisotopic (exact) mass is 405 g/mol. The second-order valence-corrected chi connectivity index (χ2v) is 6.43. The number of alkyl halides is 2. The van der Waals surface area contributed by atoms with E-state index in [1.807, 2.05) is 6.07 Å². The van der Waals surface area contributed by atoms with Crippen molar-refractivity contribution in [2.75, 3.05) is 12.9 Å². The topological polar surface area (TPSA) is 95.1 Å². The highest BCUT2D eigenvalue weighted by Gasteiger charge is 2.37. The Bertz CT molecular complexity index is 900. The van der Waals surface area contributed by atoms with Gasteiger partial charge in [0.05, 0.1) is 40.7 Å². The lowest BCUT2D eigenvalue weighted by Gasteiger charge is -2.29. The number of carbonyl (C=O) groups is 1. The third-order valence-corrected chi connectivity index (χ3v) is 4.69. The lowest BCUT2D eigenvalue weighted by molar-refractivity contribution is -0.139. The molecule has 1 heterocycles. The minimum absolute atomic E-state index is 0.0122. The summed E-state index contributed by atoms with van der Waals surface area (Å²) in [7, 11) is 0. The molecule has 1 aliphatic heterocycles. The van der Waals surface area contributed by atoms with E-state index in [-0.39, 0.29) is 35.5 Å². The molecule has 0 amide bonds. The number of nitriles is 2. The molecule has 9 heteroatoms. The van der Waals surface area contributed by atoms with Gasteiger partial charge in [-0.3, -0.25) is 0 Å². The summed E-state index contributed by atoms with van der Waals surface area (Å²) in [5.74, 6) is -1.81. The standard InChI is InChI=1S/C19H17F2N3O3S/c1-11-15(18(25)26-9-5-8-22)16(13(10-23)17(24-11)28-2)12-6-3-4-7-14(12)27-19(20)21/h3-4,6-7,16,19,24H,5,9H2,1-2H3/t16-/m0/s1. The number of hydrogen-bond donors (Lipinski definition) is 1. The van der Waals surface area contributed by atoms with Gasteiger partial charge in [-0.05, 0) is 19.2 Å². The van der Waals surface area contributed by atoms with Crippen LogP contribution >= 0.6 is 11.8 Å². The van der Waals surface area contributed by atoms with E-state index >= 15 is 0 Å². The number of nitrogens with one attached hydrogen (secondary N) is 1. The Balaban J connectivity index is 2.61. The van der Waals surface area contributed by atoms with Gasteiger partial charge in [-0.1, -0.05) is 18.2 Å². The van der Waals surface area contributed by atoms with Crippen molar-refractivity contribution < 1.29 is 23.0 Å². The smallest absolute Gasteiger partial charge is 0.387 e. The van der Waals surface area contributed by atoms with E-state index < -0.39 is 18.5 Å². The quantitative estimate of drug-likeness (QED) is 0.544. The molecule has 2 rings (SSSR count). The number of ether oxygens (including phenoxy) is 2. The highest BCUT2D eigenvalue weighted by atomic mass is 32.2. The molecule has 0 fully saturated rings. The number of allylic oxidation sites excluding steroid dienone is 2. The zero-order valence-corrected chi connectivity index (χ0v) is 16.0. The van der Waals surface area contributed by atoms with Crippen LogP contribution in [-0.4, -0.2) is 25.4 Å². The van der Waals surface area contributed by atoms with Gasteiger partial charge in [0.25, 0.3) is 0 Å². The lowest BCUT2D eigenvalue weighted by Crippen LogP contribution is -2.29. The molecule has 6 nitrogen and oxygen atoms in total. The Kier molecular flexibility index (Phi) is 7.42. The van der Waals surface area contributed by atoms with Crippen LogP contribution in [0.5, 0.6) is 5.75 Å². The minimum atomic E-state index is -3.06. The van der Waals surface area contributed by atoms with E-state index in [2.05, 4.69) is 16.1 Å². The van der Waals surface area contributed by atoms with Crippen LogP contribution in [0, 0.1) is 22.7 Å². The van der Waals surface area contributed by atoms with E-state index in [4.69, 9.17) is 10.00 Å². The lowest BCUT2D eigenvalue weighted by atomic mass is 9.82. The SMILES string of the molecule is CSC1=C(C#N)[C@H](c2ccccc2OC(F)F)C(C(=O)OCCC#N)=C(C)N1. The number of nitrogens with zero attached hydrogens (tertiary/aromatic N) is 2. The summed E-state index contributed by atoms with van der Waals surface area (Å²) in [4.78, 5) is 12.7. The summed E-state index contributed by atoms with van der Waals surface area (Å²) >= 11 is 1.26. The number of carbonyl (C=O) groups excluding carboxylic acids is 1. The van der Waals surface area contributed by atoms with Gasteiger partial charge in [0.2, 0.25) is 0 Å². The van der Waals surface area contributed by atoms with Crippen molar-refractivity contribution in [3.05, 3.63) is 51.7 Å². The van der Waals surface area contributed by atoms with Crippen LogP contribution in [0.2, 0.25) is 0 Å². The number of rotatable bonds is 7. The second-order valence-electron chi connectivity index (χ2n) is 5.62. The van der Waals surface area contributed by atoms with Gasteiger partial charge < -0.3 is 14.8 Å². The highest BCUT2D eigenvalue weighted by molar-refractivity contribution is 8.02. The molecule has 0 bridgehead atoms. The predicted octanol–water partition coefficient (Wildman–Crippen LogP) is 3.80. The molecule has 0 spiro atoms. The van der Waals surface area contributed by atoms with Crippen molar-refractivity contribution in [2.24, 2.45) is 0 Å². The van der Waals surface area contributed by atoms with Gasteiger partial charge in [0, 0.05) is 11.3 Å². The number of para-hydroxylation sites is 1. The first-order chi connectivity index (χ1) is 13.4. The van der Waals surface area contributed by atoms with Crippen molar-refractivity contribution in [1.29, 1.82) is 10.5 Å². The first-order valence-electron chi connectivity index (χ1n) is 8.18. The third-order valence-electron chi connectivity index (χ3n) is 3.96. The molecule has 0 radical (unpaired) electrons. The number of esters is 1. The third kappa shape index (κ3) is 4.62. The fourth-order valence-corrected chi connectivity index (χ4v) is 3.48. The van der Waals surface area contributed by atoms with Crippen molar-refractivity contribution in [3.63, 3.8) is 0 Å². The number of thioether (sulfide) groups is 1. The van der Waals surface area contributed by atoms with Crippen LogP contribution in [0.15, 0.2) is 46.1 Å². The fourth-order valence-electron chi connectivity index (χ4n) is 2.84. The van der Waals surface area contributed by atoms with E-state index in [1.54, 1.807) is 19.2 Å². The number of halogens is 2. The summed E-state index contributed by atoms with van der Waals surface area (Å²) in [6, 6.07) is 9.95. The number of benzene rings is 1. The molecule has 28 heavy (non-hydrogen) atoms. The molecule has 1 N–H and O–H groups in total. The van der Waals surface area contributed by atoms with Gasteiger partial charge in [-0.25, -0.2) is 4.79 Å². The van der Waals surface area contributed by atoms with Crippen molar-refractivity contribution >= 4 is 17.7 Å². The van der Waals surface area contributed by atoms with Gasteiger partial charge >= 0.3 is 12.6 Å². The molecule has 146 valence electrons. The zero-order chi connectivity index (χ0) is 20.7. The van der Waals surface area contributed by atoms with E-state index in [1.165, 1.54) is 30.0 Å². The Labute approximate surface area is 165 Å². The average Bonchev–Trinajstić information content (AvgIpc) is 2.67. The van der Waals surface area contributed by atoms with Gasteiger partial charge in [-0.15, -0.1) is 11.8 Å². The molecular weight excluding hydrogens is 388 g/mol. The average molecular weight is 405 g/mol. The normalized spacial score (nSPS) is 16.3. The van der Waals surface area contributed by atoms with Crippen LogP contribution in [0.3, 0.4) is 0 Å². The van der Waals surface area contributed by atoms with Crippen molar-refractivity contribution in [1.82, 2.24) is 5.32 Å². The first kappa shape index (κ1) is 21.3. The maximum atomic E-state index is 12.9.